The van der Waals surface area contributed by atoms with Crippen molar-refractivity contribution >= 4 is 27.3 Å². The standard InChI is InChI=1S/C13H18N2O4S2/c1-8-14-7-13(20-8)21(18,19)15-10-2-3-11(15)5-9(4-10)6-12(16)17/h7,9-11H,2-6H2,1H3,(H,16,17). The van der Waals surface area contributed by atoms with Crippen LogP contribution in [-0.2, 0) is 14.8 Å². The average Bonchev–Trinajstić information content (AvgIpc) is 2.92. The monoisotopic (exact) mass is 330 g/mol. The summed E-state index contributed by atoms with van der Waals surface area (Å²) in [5, 5.41) is 9.66. The van der Waals surface area contributed by atoms with Crippen molar-refractivity contribution in [3.05, 3.63) is 11.2 Å². The Hall–Kier alpha value is -0.990. The van der Waals surface area contributed by atoms with Crippen molar-refractivity contribution in [2.45, 2.75) is 55.3 Å². The molecule has 21 heavy (non-hydrogen) atoms. The molecular formula is C13H18N2O4S2. The summed E-state index contributed by atoms with van der Waals surface area (Å²) in [4.78, 5) is 14.9. The molecule has 0 amide bonds. The SMILES string of the molecule is Cc1ncc(S(=O)(=O)N2C3CCC2CC(CC(=O)O)C3)s1. The zero-order valence-electron chi connectivity index (χ0n) is 11.7. The lowest BCUT2D eigenvalue weighted by Crippen LogP contribution is -2.46. The highest BCUT2D eigenvalue weighted by atomic mass is 32.2. The molecule has 2 aliphatic rings. The minimum Gasteiger partial charge on any atom is -0.481 e. The molecule has 6 nitrogen and oxygen atoms in total. The van der Waals surface area contributed by atoms with Gasteiger partial charge in [0.15, 0.2) is 4.21 Å². The van der Waals surface area contributed by atoms with Gasteiger partial charge in [0.2, 0.25) is 0 Å². The number of carboxylic acids is 1. The molecule has 2 atom stereocenters. The van der Waals surface area contributed by atoms with Gasteiger partial charge in [-0.25, -0.2) is 13.4 Å². The molecule has 1 aromatic heterocycles. The maximum atomic E-state index is 12.8. The Bertz CT molecular complexity index is 641. The number of thiazole rings is 1. The fourth-order valence-corrected chi connectivity index (χ4v) is 6.72. The summed E-state index contributed by atoms with van der Waals surface area (Å²) in [6, 6.07) is -0.110. The molecule has 2 aliphatic heterocycles. The van der Waals surface area contributed by atoms with Crippen LogP contribution in [0.4, 0.5) is 0 Å². The predicted molar refractivity (Wildman–Crippen MR) is 77.7 cm³/mol. The van der Waals surface area contributed by atoms with E-state index in [1.54, 1.807) is 11.2 Å². The summed E-state index contributed by atoms with van der Waals surface area (Å²) in [5.41, 5.74) is 0. The molecule has 2 bridgehead atoms. The third-order valence-corrected chi connectivity index (χ3v) is 7.71. The summed E-state index contributed by atoms with van der Waals surface area (Å²) in [7, 11) is -3.49. The zero-order valence-corrected chi connectivity index (χ0v) is 13.4. The van der Waals surface area contributed by atoms with Crippen molar-refractivity contribution in [1.82, 2.24) is 9.29 Å². The molecule has 1 N–H and O–H groups in total. The number of aliphatic carboxylic acids is 1. The Morgan fingerprint density at radius 2 is 2.05 bits per heavy atom. The minimum absolute atomic E-state index is 0.0551. The Kier molecular flexibility index (Phi) is 3.79. The molecule has 3 heterocycles. The molecule has 2 unspecified atom stereocenters. The number of nitrogens with zero attached hydrogens (tertiary/aromatic N) is 2. The molecule has 0 saturated carbocycles. The van der Waals surface area contributed by atoms with Gasteiger partial charge in [0.05, 0.1) is 11.2 Å². The van der Waals surface area contributed by atoms with Gasteiger partial charge in [-0.05, 0) is 38.5 Å². The molecule has 8 heteroatoms. The van der Waals surface area contributed by atoms with E-state index in [4.69, 9.17) is 5.11 Å². The second-order valence-corrected chi connectivity index (χ2v) is 9.16. The maximum Gasteiger partial charge on any atom is 0.303 e. The van der Waals surface area contributed by atoms with Crippen molar-refractivity contribution in [3.8, 4) is 0 Å². The second-order valence-electron chi connectivity index (χ2n) is 5.85. The van der Waals surface area contributed by atoms with Crippen LogP contribution in [-0.4, -0.2) is 40.9 Å². The van der Waals surface area contributed by atoms with Gasteiger partial charge < -0.3 is 5.11 Å². The van der Waals surface area contributed by atoms with Gasteiger partial charge in [0.25, 0.3) is 10.0 Å². The average molecular weight is 330 g/mol. The number of hydrogen-bond donors (Lipinski definition) is 1. The molecular weight excluding hydrogens is 312 g/mol. The minimum atomic E-state index is -3.49. The largest absolute Gasteiger partial charge is 0.481 e. The Labute approximate surface area is 127 Å². The van der Waals surface area contributed by atoms with Gasteiger partial charge in [0, 0.05) is 18.5 Å². The van der Waals surface area contributed by atoms with Crippen LogP contribution < -0.4 is 0 Å². The van der Waals surface area contributed by atoms with E-state index in [1.807, 2.05) is 0 Å². The maximum absolute atomic E-state index is 12.8. The number of carboxylic acid groups (broad SMARTS) is 1. The lowest BCUT2D eigenvalue weighted by molar-refractivity contribution is -0.138. The first-order valence-corrected chi connectivity index (χ1v) is 9.31. The van der Waals surface area contributed by atoms with Gasteiger partial charge >= 0.3 is 5.97 Å². The van der Waals surface area contributed by atoms with Gasteiger partial charge in [0.1, 0.15) is 0 Å². The summed E-state index contributed by atoms with van der Waals surface area (Å²) < 4.78 is 27.5. The van der Waals surface area contributed by atoms with E-state index in [2.05, 4.69) is 4.98 Å². The van der Waals surface area contributed by atoms with Gasteiger partial charge in [-0.3, -0.25) is 4.79 Å². The van der Waals surface area contributed by atoms with Crippen LogP contribution in [0.2, 0.25) is 0 Å². The number of piperidine rings is 1. The summed E-state index contributed by atoms with van der Waals surface area (Å²) >= 11 is 1.20. The van der Waals surface area contributed by atoms with Crippen LogP contribution in [0.5, 0.6) is 0 Å². The molecule has 0 spiro atoms. The van der Waals surface area contributed by atoms with Crippen molar-refractivity contribution in [2.24, 2.45) is 5.92 Å². The van der Waals surface area contributed by atoms with Crippen LogP contribution in [0.15, 0.2) is 10.4 Å². The Morgan fingerprint density at radius 1 is 1.43 bits per heavy atom. The second kappa shape index (κ2) is 5.33. The van der Waals surface area contributed by atoms with Crippen molar-refractivity contribution < 1.29 is 18.3 Å². The fourth-order valence-electron chi connectivity index (χ4n) is 3.62. The lowest BCUT2D eigenvalue weighted by Gasteiger charge is -2.37. The zero-order chi connectivity index (χ0) is 15.2. The Morgan fingerprint density at radius 3 is 2.52 bits per heavy atom. The van der Waals surface area contributed by atoms with Crippen molar-refractivity contribution in [3.63, 3.8) is 0 Å². The molecule has 2 saturated heterocycles. The van der Waals surface area contributed by atoms with Gasteiger partial charge in [-0.1, -0.05) is 0 Å². The van der Waals surface area contributed by atoms with Crippen LogP contribution in [0, 0.1) is 12.8 Å². The smallest absolute Gasteiger partial charge is 0.303 e. The van der Waals surface area contributed by atoms with Crippen LogP contribution >= 0.6 is 11.3 Å². The fraction of sp³-hybridized carbons (Fsp3) is 0.692. The van der Waals surface area contributed by atoms with E-state index in [1.165, 1.54) is 17.5 Å². The highest BCUT2D eigenvalue weighted by Gasteiger charge is 2.47. The van der Waals surface area contributed by atoms with E-state index in [0.29, 0.717) is 17.1 Å². The molecule has 3 rings (SSSR count). The first-order chi connectivity index (χ1) is 9.88. The topological polar surface area (TPSA) is 87.6 Å². The van der Waals surface area contributed by atoms with E-state index in [9.17, 15) is 13.2 Å². The summed E-state index contributed by atoms with van der Waals surface area (Å²) in [5.74, 6) is -0.705. The normalized spacial score (nSPS) is 29.7. The number of sulfonamides is 1. The summed E-state index contributed by atoms with van der Waals surface area (Å²) in [6.07, 6.45) is 4.54. The van der Waals surface area contributed by atoms with Crippen LogP contribution in [0.3, 0.4) is 0 Å². The number of aryl methyl sites for hydroxylation is 1. The van der Waals surface area contributed by atoms with Crippen LogP contribution in [0.1, 0.15) is 37.1 Å². The van der Waals surface area contributed by atoms with E-state index >= 15 is 0 Å². The molecule has 1 aromatic rings. The molecule has 2 fully saturated rings. The summed E-state index contributed by atoms with van der Waals surface area (Å²) in [6.45, 7) is 1.79. The number of hydrogen-bond acceptors (Lipinski definition) is 5. The highest BCUT2D eigenvalue weighted by Crippen LogP contribution is 2.43. The quantitative estimate of drug-likeness (QED) is 0.910. The number of carbonyl (C=O) groups is 1. The molecule has 0 aromatic carbocycles. The van der Waals surface area contributed by atoms with Crippen molar-refractivity contribution in [2.75, 3.05) is 0 Å². The van der Waals surface area contributed by atoms with Crippen LogP contribution in [0.25, 0.3) is 0 Å². The predicted octanol–water partition coefficient (Wildman–Crippen LogP) is 1.86. The highest BCUT2D eigenvalue weighted by molar-refractivity contribution is 7.91. The Balaban J connectivity index is 1.83. The van der Waals surface area contributed by atoms with Gasteiger partial charge in [-0.2, -0.15) is 4.31 Å². The molecule has 0 radical (unpaired) electrons. The van der Waals surface area contributed by atoms with Gasteiger partial charge in [-0.15, -0.1) is 11.3 Å². The molecule has 0 aliphatic carbocycles. The third-order valence-electron chi connectivity index (χ3n) is 4.36. The van der Waals surface area contributed by atoms with E-state index < -0.39 is 16.0 Å². The first-order valence-electron chi connectivity index (χ1n) is 7.05. The number of fused-ring (bicyclic) bond motifs is 2. The number of aromatic nitrogens is 1. The van der Waals surface area contributed by atoms with Crippen molar-refractivity contribution in [1.29, 1.82) is 0 Å². The number of rotatable bonds is 4. The first kappa shape index (κ1) is 14.9. The third kappa shape index (κ3) is 2.72. The molecule has 116 valence electrons. The van der Waals surface area contributed by atoms with E-state index in [0.717, 1.165) is 17.8 Å². The van der Waals surface area contributed by atoms with E-state index in [-0.39, 0.29) is 24.4 Å². The lowest BCUT2D eigenvalue weighted by atomic mass is 9.90.